The molecule has 30 heavy (non-hydrogen) atoms. The van der Waals surface area contributed by atoms with E-state index in [0.29, 0.717) is 6.54 Å². The van der Waals surface area contributed by atoms with Gasteiger partial charge in [0.05, 0.1) is 6.26 Å². The van der Waals surface area contributed by atoms with Gasteiger partial charge in [-0.25, -0.2) is 12.8 Å². The van der Waals surface area contributed by atoms with Crippen LogP contribution < -0.4 is 11.1 Å². The fraction of sp³-hybridized carbons (Fsp3) is 0.300. The Hall–Kier alpha value is -2.82. The van der Waals surface area contributed by atoms with E-state index in [0.717, 1.165) is 32.7 Å². The first-order valence-electron chi connectivity index (χ1n) is 9.29. The zero-order valence-electron chi connectivity index (χ0n) is 16.4. The zero-order valence-corrected chi connectivity index (χ0v) is 17.2. The molecule has 2 amide bonds. The molecule has 1 heterocycles. The molecule has 1 unspecified atom stereocenters. The van der Waals surface area contributed by atoms with Gasteiger partial charge in [0.15, 0.2) is 6.17 Å². The topological polar surface area (TPSA) is 113 Å². The van der Waals surface area contributed by atoms with Gasteiger partial charge in [0.25, 0.3) is 11.8 Å². The summed E-state index contributed by atoms with van der Waals surface area (Å²) in [5.41, 5.74) is 7.35. The van der Waals surface area contributed by atoms with E-state index in [1.807, 2.05) is 18.2 Å². The summed E-state index contributed by atoms with van der Waals surface area (Å²) in [7, 11) is -3.76. The van der Waals surface area contributed by atoms with E-state index in [2.05, 4.69) is 5.32 Å². The molecule has 0 saturated carbocycles. The lowest BCUT2D eigenvalue weighted by atomic mass is 10.1. The molecule has 0 bridgehead atoms. The maximum Gasteiger partial charge on any atom is 0.259 e. The molecule has 1 aliphatic heterocycles. The van der Waals surface area contributed by atoms with E-state index in [-0.39, 0.29) is 25.2 Å². The molecule has 160 valence electrons. The number of rotatable bonds is 6. The maximum atomic E-state index is 13.5. The van der Waals surface area contributed by atoms with Crippen molar-refractivity contribution in [2.45, 2.75) is 19.3 Å². The van der Waals surface area contributed by atoms with E-state index in [1.165, 1.54) is 18.2 Å². The number of carbonyl (C=O) groups excluding carboxylic acids is 2. The van der Waals surface area contributed by atoms with Crippen LogP contribution in [0.25, 0.3) is 0 Å². The number of hydrogen-bond donors (Lipinski definition) is 2. The standard InChI is InChI=1S/C20H23FN4O4S/c1-30(28,29)25-9-8-24(20(27)16-6-3-7-17(21)11-16)19(25)18(26)23-13-15-5-2-4-14(10-15)12-22/h2-7,10-11,19H,8-9,12-13,22H2,1H3,(H,23,26). The molecule has 3 rings (SSSR count). The molecule has 8 nitrogen and oxygen atoms in total. The van der Waals surface area contributed by atoms with E-state index in [1.54, 1.807) is 6.07 Å². The Kier molecular flexibility index (Phi) is 6.49. The molecule has 1 saturated heterocycles. The summed E-state index contributed by atoms with van der Waals surface area (Å²) < 4.78 is 38.9. The largest absolute Gasteiger partial charge is 0.349 e. The number of halogens is 1. The van der Waals surface area contributed by atoms with E-state index in [9.17, 15) is 22.4 Å². The van der Waals surface area contributed by atoms with Crippen LogP contribution in [-0.2, 0) is 27.9 Å². The summed E-state index contributed by atoms with van der Waals surface area (Å²) in [4.78, 5) is 27.0. The molecule has 2 aromatic carbocycles. The predicted molar refractivity (Wildman–Crippen MR) is 109 cm³/mol. The Morgan fingerprint density at radius 2 is 1.83 bits per heavy atom. The minimum atomic E-state index is -3.76. The zero-order chi connectivity index (χ0) is 21.9. The molecule has 2 aromatic rings. The van der Waals surface area contributed by atoms with Crippen molar-refractivity contribution in [1.82, 2.24) is 14.5 Å². The Labute approximate surface area is 174 Å². The first-order valence-corrected chi connectivity index (χ1v) is 11.1. The van der Waals surface area contributed by atoms with E-state index < -0.39 is 33.8 Å². The summed E-state index contributed by atoms with van der Waals surface area (Å²) >= 11 is 0. The van der Waals surface area contributed by atoms with Gasteiger partial charge in [-0.3, -0.25) is 9.59 Å². The van der Waals surface area contributed by atoms with Crippen LogP contribution in [0.4, 0.5) is 4.39 Å². The fourth-order valence-electron chi connectivity index (χ4n) is 3.37. The lowest BCUT2D eigenvalue weighted by Crippen LogP contribution is -2.53. The fourth-order valence-corrected chi connectivity index (χ4v) is 4.36. The summed E-state index contributed by atoms with van der Waals surface area (Å²) in [6.07, 6.45) is -0.373. The Bertz CT molecular complexity index is 1060. The number of nitrogens with zero attached hydrogens (tertiary/aromatic N) is 2. The van der Waals surface area contributed by atoms with Gasteiger partial charge in [0, 0.05) is 31.7 Å². The van der Waals surface area contributed by atoms with Crippen molar-refractivity contribution in [3.05, 3.63) is 71.0 Å². The van der Waals surface area contributed by atoms with Crippen LogP contribution in [-0.4, -0.2) is 54.9 Å². The van der Waals surface area contributed by atoms with Crippen LogP contribution in [0.3, 0.4) is 0 Å². The first-order chi connectivity index (χ1) is 14.2. The maximum absolute atomic E-state index is 13.5. The smallest absolute Gasteiger partial charge is 0.259 e. The van der Waals surface area contributed by atoms with Crippen LogP contribution in [0, 0.1) is 5.82 Å². The number of nitrogens with one attached hydrogen (secondary N) is 1. The van der Waals surface area contributed by atoms with Crippen molar-refractivity contribution in [2.24, 2.45) is 5.73 Å². The minimum Gasteiger partial charge on any atom is -0.349 e. The van der Waals surface area contributed by atoms with Crippen molar-refractivity contribution in [3.63, 3.8) is 0 Å². The second-order valence-electron chi connectivity index (χ2n) is 7.00. The van der Waals surface area contributed by atoms with Gasteiger partial charge >= 0.3 is 0 Å². The highest BCUT2D eigenvalue weighted by Crippen LogP contribution is 2.21. The van der Waals surface area contributed by atoms with Gasteiger partial charge in [-0.2, -0.15) is 4.31 Å². The van der Waals surface area contributed by atoms with Crippen molar-refractivity contribution >= 4 is 21.8 Å². The molecule has 1 fully saturated rings. The molecule has 0 radical (unpaired) electrons. The monoisotopic (exact) mass is 434 g/mol. The Morgan fingerprint density at radius 3 is 2.50 bits per heavy atom. The number of carbonyl (C=O) groups is 2. The SMILES string of the molecule is CS(=O)(=O)N1CCN(C(=O)c2cccc(F)c2)C1C(=O)NCc1cccc(CN)c1. The second-order valence-corrected chi connectivity index (χ2v) is 8.93. The molecule has 0 spiro atoms. The quantitative estimate of drug-likeness (QED) is 0.693. The van der Waals surface area contributed by atoms with Crippen molar-refractivity contribution in [1.29, 1.82) is 0 Å². The molecule has 1 atom stereocenters. The lowest BCUT2D eigenvalue weighted by molar-refractivity contribution is -0.127. The van der Waals surface area contributed by atoms with Gasteiger partial charge in [-0.05, 0) is 29.3 Å². The van der Waals surface area contributed by atoms with Gasteiger partial charge < -0.3 is 16.0 Å². The average Bonchev–Trinajstić information content (AvgIpc) is 3.17. The van der Waals surface area contributed by atoms with E-state index >= 15 is 0 Å². The van der Waals surface area contributed by atoms with Crippen molar-refractivity contribution < 1.29 is 22.4 Å². The highest BCUT2D eigenvalue weighted by atomic mass is 32.2. The highest BCUT2D eigenvalue weighted by Gasteiger charge is 2.44. The molecule has 0 aromatic heterocycles. The van der Waals surface area contributed by atoms with Crippen molar-refractivity contribution in [3.8, 4) is 0 Å². The predicted octanol–water partition coefficient (Wildman–Crippen LogP) is 0.644. The molecule has 10 heteroatoms. The lowest BCUT2D eigenvalue weighted by Gasteiger charge is -2.28. The van der Waals surface area contributed by atoms with Gasteiger partial charge in [-0.1, -0.05) is 30.3 Å². The molecular formula is C20H23FN4O4S. The number of sulfonamides is 1. The minimum absolute atomic E-state index is 0.0170. The molecule has 0 aliphatic carbocycles. The van der Waals surface area contributed by atoms with Crippen LogP contribution in [0.2, 0.25) is 0 Å². The molecule has 1 aliphatic rings. The van der Waals surface area contributed by atoms with Crippen molar-refractivity contribution in [2.75, 3.05) is 19.3 Å². The van der Waals surface area contributed by atoms with Gasteiger partial charge in [-0.15, -0.1) is 0 Å². The third-order valence-electron chi connectivity index (χ3n) is 4.82. The number of benzene rings is 2. The summed E-state index contributed by atoms with van der Waals surface area (Å²) in [6.45, 7) is 0.481. The number of hydrogen-bond acceptors (Lipinski definition) is 5. The van der Waals surface area contributed by atoms with Crippen LogP contribution in [0.15, 0.2) is 48.5 Å². The second kappa shape index (κ2) is 8.90. The third-order valence-corrected chi connectivity index (χ3v) is 6.05. The first kappa shape index (κ1) is 21.9. The van der Waals surface area contributed by atoms with Gasteiger partial charge in [0.2, 0.25) is 10.0 Å². The molecular weight excluding hydrogens is 411 g/mol. The normalized spacial score (nSPS) is 17.2. The van der Waals surface area contributed by atoms with Gasteiger partial charge in [0.1, 0.15) is 5.82 Å². The number of nitrogens with two attached hydrogens (primary N) is 1. The van der Waals surface area contributed by atoms with E-state index in [4.69, 9.17) is 5.73 Å². The third kappa shape index (κ3) is 4.84. The highest BCUT2D eigenvalue weighted by molar-refractivity contribution is 7.88. The summed E-state index contributed by atoms with van der Waals surface area (Å²) in [5, 5.41) is 2.69. The van der Waals surface area contributed by atoms with Crippen LogP contribution in [0.5, 0.6) is 0 Å². The van der Waals surface area contributed by atoms with Crippen LogP contribution >= 0.6 is 0 Å². The van der Waals surface area contributed by atoms with Crippen LogP contribution in [0.1, 0.15) is 21.5 Å². The summed E-state index contributed by atoms with van der Waals surface area (Å²) in [6, 6.07) is 12.3. The average molecular weight is 434 g/mol. The Morgan fingerprint density at radius 1 is 1.13 bits per heavy atom. The summed E-state index contributed by atoms with van der Waals surface area (Å²) in [5.74, 6) is -1.85. The Balaban J connectivity index is 1.83. The molecule has 3 N–H and O–H groups in total. The number of amides is 2.